The van der Waals surface area contributed by atoms with Crippen LogP contribution in [0.15, 0.2) is 49.1 Å². The third-order valence-electron chi connectivity index (χ3n) is 2.68. The van der Waals surface area contributed by atoms with Gasteiger partial charge in [0, 0.05) is 36.2 Å². The number of H-pyrrole nitrogens is 2. The minimum atomic E-state index is 0.0636. The van der Waals surface area contributed by atoms with Crippen LogP contribution in [0.1, 0.15) is 22.9 Å². The van der Waals surface area contributed by atoms with Gasteiger partial charge in [0.2, 0.25) is 0 Å². The lowest BCUT2D eigenvalue weighted by Gasteiger charge is -2.13. The van der Waals surface area contributed by atoms with Gasteiger partial charge in [-0.05, 0) is 23.8 Å². The van der Waals surface area contributed by atoms with Crippen molar-refractivity contribution in [1.29, 1.82) is 0 Å². The molecule has 0 amide bonds. The number of aromatic amines is 2. The van der Waals surface area contributed by atoms with Crippen molar-refractivity contribution in [2.24, 2.45) is 0 Å². The van der Waals surface area contributed by atoms with Gasteiger partial charge in [0.25, 0.3) is 0 Å². The zero-order chi connectivity index (χ0) is 11.5. The van der Waals surface area contributed by atoms with Crippen LogP contribution in [0.2, 0.25) is 0 Å². The molecule has 3 aromatic rings. The molecule has 0 bridgehead atoms. The van der Waals surface area contributed by atoms with E-state index in [0.717, 1.165) is 17.0 Å². The molecular formula is C12H11N5. The van der Waals surface area contributed by atoms with Crippen LogP contribution in [0, 0.1) is 0 Å². The van der Waals surface area contributed by atoms with Gasteiger partial charge in [-0.2, -0.15) is 10.2 Å². The molecule has 2 N–H and O–H groups in total. The van der Waals surface area contributed by atoms with Crippen molar-refractivity contribution in [3.8, 4) is 0 Å². The summed E-state index contributed by atoms with van der Waals surface area (Å²) in [6.45, 7) is 0. The highest BCUT2D eigenvalue weighted by Crippen LogP contribution is 2.28. The van der Waals surface area contributed by atoms with Gasteiger partial charge >= 0.3 is 0 Å². The van der Waals surface area contributed by atoms with Crippen LogP contribution >= 0.6 is 0 Å². The number of nitrogens with zero attached hydrogens (tertiary/aromatic N) is 3. The summed E-state index contributed by atoms with van der Waals surface area (Å²) in [5.74, 6) is 0.0636. The predicted molar refractivity (Wildman–Crippen MR) is 62.4 cm³/mol. The molecule has 0 aromatic carbocycles. The van der Waals surface area contributed by atoms with E-state index in [-0.39, 0.29) is 5.92 Å². The second kappa shape index (κ2) is 4.21. The smallest absolute Gasteiger partial charge is 0.0689 e. The minimum absolute atomic E-state index is 0.0636. The molecule has 0 saturated heterocycles. The van der Waals surface area contributed by atoms with Crippen molar-refractivity contribution in [3.05, 3.63) is 66.0 Å². The summed E-state index contributed by atoms with van der Waals surface area (Å²) < 4.78 is 0. The maximum absolute atomic E-state index is 4.16. The lowest BCUT2D eigenvalue weighted by atomic mass is 9.94. The Labute approximate surface area is 97.9 Å². The Morgan fingerprint density at radius 2 is 1.59 bits per heavy atom. The van der Waals surface area contributed by atoms with Crippen molar-refractivity contribution in [3.63, 3.8) is 0 Å². The highest BCUT2D eigenvalue weighted by atomic mass is 15.1. The monoisotopic (exact) mass is 225 g/mol. The van der Waals surface area contributed by atoms with E-state index < -0.39 is 0 Å². The lowest BCUT2D eigenvalue weighted by molar-refractivity contribution is 0.841. The van der Waals surface area contributed by atoms with Gasteiger partial charge in [0.1, 0.15) is 0 Å². The van der Waals surface area contributed by atoms with Crippen LogP contribution < -0.4 is 0 Å². The summed E-state index contributed by atoms with van der Waals surface area (Å²) in [5.41, 5.74) is 3.13. The predicted octanol–water partition coefficient (Wildman–Crippen LogP) is 1.71. The number of aromatic nitrogens is 5. The Kier molecular flexibility index (Phi) is 2.42. The van der Waals surface area contributed by atoms with Gasteiger partial charge in [-0.1, -0.05) is 6.07 Å². The fourth-order valence-electron chi connectivity index (χ4n) is 1.93. The highest BCUT2D eigenvalue weighted by Gasteiger charge is 2.19. The second-order valence-corrected chi connectivity index (χ2v) is 3.74. The van der Waals surface area contributed by atoms with Crippen LogP contribution in [0.5, 0.6) is 0 Å². The Bertz CT molecular complexity index is 522. The zero-order valence-corrected chi connectivity index (χ0v) is 9.04. The van der Waals surface area contributed by atoms with E-state index in [1.807, 2.05) is 30.5 Å². The van der Waals surface area contributed by atoms with Crippen molar-refractivity contribution in [2.75, 3.05) is 0 Å². The maximum atomic E-state index is 4.16. The van der Waals surface area contributed by atoms with Crippen molar-refractivity contribution in [2.45, 2.75) is 5.92 Å². The molecule has 0 radical (unpaired) electrons. The maximum Gasteiger partial charge on any atom is 0.0689 e. The van der Waals surface area contributed by atoms with Crippen LogP contribution in [-0.2, 0) is 0 Å². The molecule has 0 atom stereocenters. The Morgan fingerprint density at radius 3 is 2.06 bits per heavy atom. The molecule has 3 heterocycles. The van der Waals surface area contributed by atoms with Crippen LogP contribution in [0.4, 0.5) is 0 Å². The van der Waals surface area contributed by atoms with Gasteiger partial charge in [0.05, 0.1) is 5.92 Å². The topological polar surface area (TPSA) is 70.2 Å². The van der Waals surface area contributed by atoms with E-state index in [2.05, 4.69) is 25.4 Å². The molecule has 5 nitrogen and oxygen atoms in total. The molecule has 17 heavy (non-hydrogen) atoms. The first-order valence-corrected chi connectivity index (χ1v) is 5.33. The minimum Gasteiger partial charge on any atom is -0.282 e. The number of pyridine rings is 1. The van der Waals surface area contributed by atoms with Gasteiger partial charge in [-0.3, -0.25) is 15.2 Å². The normalized spacial score (nSPS) is 10.9. The summed E-state index contributed by atoms with van der Waals surface area (Å²) in [7, 11) is 0. The van der Waals surface area contributed by atoms with E-state index >= 15 is 0 Å². The number of nitrogens with one attached hydrogen (secondary N) is 2. The molecule has 0 unspecified atom stereocenters. The summed E-state index contributed by atoms with van der Waals surface area (Å²) in [5, 5.41) is 14.0. The van der Waals surface area contributed by atoms with Crippen LogP contribution in [-0.4, -0.2) is 25.4 Å². The van der Waals surface area contributed by atoms with E-state index in [1.165, 1.54) is 0 Å². The molecule has 3 rings (SSSR count). The average molecular weight is 225 g/mol. The molecule has 0 aliphatic heterocycles. The molecule has 0 fully saturated rings. The molecule has 84 valence electrons. The number of hydrogen-bond acceptors (Lipinski definition) is 3. The van der Waals surface area contributed by atoms with Crippen molar-refractivity contribution in [1.82, 2.24) is 25.4 Å². The van der Waals surface area contributed by atoms with Gasteiger partial charge in [0.15, 0.2) is 0 Å². The third-order valence-corrected chi connectivity index (χ3v) is 2.68. The van der Waals surface area contributed by atoms with E-state index in [9.17, 15) is 0 Å². The lowest BCUT2D eigenvalue weighted by Crippen LogP contribution is -2.05. The SMILES string of the molecule is c1cncc(C(c2ccn[nH]2)c2ccn[nH]2)c1. The first-order valence-electron chi connectivity index (χ1n) is 5.33. The van der Waals surface area contributed by atoms with Gasteiger partial charge in [-0.15, -0.1) is 0 Å². The average Bonchev–Trinajstić information content (AvgIpc) is 3.04. The molecule has 0 aliphatic carbocycles. The summed E-state index contributed by atoms with van der Waals surface area (Å²) in [4.78, 5) is 4.16. The summed E-state index contributed by atoms with van der Waals surface area (Å²) >= 11 is 0. The van der Waals surface area contributed by atoms with Crippen molar-refractivity contribution < 1.29 is 0 Å². The fourth-order valence-corrected chi connectivity index (χ4v) is 1.93. The molecular weight excluding hydrogens is 214 g/mol. The van der Waals surface area contributed by atoms with Gasteiger partial charge in [-0.25, -0.2) is 0 Å². The Morgan fingerprint density at radius 1 is 0.882 bits per heavy atom. The fraction of sp³-hybridized carbons (Fsp3) is 0.0833. The zero-order valence-electron chi connectivity index (χ0n) is 9.04. The highest BCUT2D eigenvalue weighted by molar-refractivity contribution is 5.34. The quantitative estimate of drug-likeness (QED) is 0.712. The number of hydrogen-bond donors (Lipinski definition) is 2. The van der Waals surface area contributed by atoms with Gasteiger partial charge < -0.3 is 0 Å². The standard InChI is InChI=1S/C12H11N5/c1-2-9(8-13-5-1)12(10-3-6-14-16-10)11-4-7-15-17-11/h1-8,12H,(H,14,16)(H,15,17). The number of rotatable bonds is 3. The van der Waals surface area contributed by atoms with Crippen LogP contribution in [0.3, 0.4) is 0 Å². The third kappa shape index (κ3) is 1.82. The van der Waals surface area contributed by atoms with E-state index in [0.29, 0.717) is 0 Å². The molecule has 0 spiro atoms. The van der Waals surface area contributed by atoms with E-state index in [1.54, 1.807) is 18.6 Å². The largest absolute Gasteiger partial charge is 0.282 e. The Hall–Kier alpha value is -2.43. The summed E-state index contributed by atoms with van der Waals surface area (Å²) in [6, 6.07) is 7.88. The summed E-state index contributed by atoms with van der Waals surface area (Å²) in [6.07, 6.45) is 7.11. The Balaban J connectivity index is 2.10. The van der Waals surface area contributed by atoms with Crippen LogP contribution in [0.25, 0.3) is 0 Å². The molecule has 0 aliphatic rings. The van der Waals surface area contributed by atoms with E-state index in [4.69, 9.17) is 0 Å². The second-order valence-electron chi connectivity index (χ2n) is 3.74. The van der Waals surface area contributed by atoms with Crippen molar-refractivity contribution >= 4 is 0 Å². The first kappa shape index (κ1) is 9.77. The molecule has 3 aromatic heterocycles. The first-order chi connectivity index (χ1) is 8.45. The molecule has 5 heteroatoms. The molecule has 0 saturated carbocycles.